The monoisotopic (exact) mass is 532 g/mol. The van der Waals surface area contributed by atoms with E-state index in [9.17, 15) is 4.79 Å². The van der Waals surface area contributed by atoms with Gasteiger partial charge in [0, 0.05) is 33.8 Å². The summed E-state index contributed by atoms with van der Waals surface area (Å²) in [6, 6.07) is 21.3. The number of rotatable bonds is 7. The standard InChI is InChI=1S/C30H26Cl2N2O3/c1-36-27-10-9-21-13-23(8-7-22(21)16-27)29-18-28(24-14-25(31)17-26(32)15-24)33-34(29)12-11-19-3-5-20(6-4-19)30(35)37-2/h3-7,9-10,13-18,23H,8,11-12H2,1-2H3. The molecule has 5 rings (SSSR count). The number of aromatic nitrogens is 2. The predicted molar refractivity (Wildman–Crippen MR) is 148 cm³/mol. The highest BCUT2D eigenvalue weighted by Crippen LogP contribution is 2.31. The highest BCUT2D eigenvalue weighted by molar-refractivity contribution is 6.35. The van der Waals surface area contributed by atoms with Crippen LogP contribution < -0.4 is 15.2 Å². The number of benzene rings is 3. The second kappa shape index (κ2) is 10.8. The van der Waals surface area contributed by atoms with E-state index < -0.39 is 0 Å². The number of ether oxygens (including phenoxy) is 2. The number of hydrogen-bond donors (Lipinski definition) is 0. The first-order chi connectivity index (χ1) is 17.9. The Bertz CT molecular complexity index is 1560. The number of halogens is 2. The Morgan fingerprint density at radius 3 is 2.43 bits per heavy atom. The molecule has 37 heavy (non-hydrogen) atoms. The van der Waals surface area contributed by atoms with Gasteiger partial charge in [-0.3, -0.25) is 4.68 Å². The van der Waals surface area contributed by atoms with Crippen molar-refractivity contribution in [1.82, 2.24) is 9.78 Å². The third kappa shape index (κ3) is 5.58. The van der Waals surface area contributed by atoms with Gasteiger partial charge in [-0.05, 0) is 77.4 Å². The second-order valence-corrected chi connectivity index (χ2v) is 9.85. The molecular weight excluding hydrogens is 507 g/mol. The summed E-state index contributed by atoms with van der Waals surface area (Å²) in [5, 5.41) is 8.47. The van der Waals surface area contributed by atoms with Crippen LogP contribution in [0.5, 0.6) is 5.75 Å². The Labute approximate surface area is 225 Å². The summed E-state index contributed by atoms with van der Waals surface area (Å²) in [6.45, 7) is 0.682. The zero-order valence-corrected chi connectivity index (χ0v) is 22.1. The van der Waals surface area contributed by atoms with E-state index in [0.29, 0.717) is 22.2 Å². The van der Waals surface area contributed by atoms with Crippen LogP contribution in [0.4, 0.5) is 0 Å². The molecule has 0 saturated carbocycles. The minimum atomic E-state index is -0.340. The van der Waals surface area contributed by atoms with Gasteiger partial charge >= 0.3 is 5.97 Å². The Morgan fingerprint density at radius 2 is 1.73 bits per heavy atom. The number of fused-ring (bicyclic) bond motifs is 1. The smallest absolute Gasteiger partial charge is 0.337 e. The molecule has 7 heteroatoms. The summed E-state index contributed by atoms with van der Waals surface area (Å²) in [4.78, 5) is 11.8. The van der Waals surface area contributed by atoms with Crippen LogP contribution in [0.1, 0.15) is 34.0 Å². The molecule has 1 aliphatic rings. The number of nitrogens with zero attached hydrogens (tertiary/aromatic N) is 2. The summed E-state index contributed by atoms with van der Waals surface area (Å²) in [7, 11) is 3.07. The first kappa shape index (κ1) is 25.1. The second-order valence-electron chi connectivity index (χ2n) is 8.98. The molecule has 5 nitrogen and oxygen atoms in total. The molecule has 0 radical (unpaired) electrons. The molecule has 1 unspecified atom stereocenters. The number of carbonyl (C=O) groups excluding carboxylic acids is 1. The van der Waals surface area contributed by atoms with Crippen LogP contribution in [0, 0.1) is 0 Å². The van der Waals surface area contributed by atoms with Gasteiger partial charge in [-0.1, -0.05) is 53.6 Å². The quantitative estimate of drug-likeness (QED) is 0.289. The zero-order chi connectivity index (χ0) is 25.9. The van der Waals surface area contributed by atoms with Crippen LogP contribution in [-0.4, -0.2) is 30.0 Å². The lowest BCUT2D eigenvalue weighted by Gasteiger charge is -2.17. The average Bonchev–Trinajstić information content (AvgIpc) is 3.35. The van der Waals surface area contributed by atoms with E-state index in [1.165, 1.54) is 17.5 Å². The summed E-state index contributed by atoms with van der Waals surface area (Å²) in [5.74, 6) is 0.677. The van der Waals surface area contributed by atoms with E-state index in [1.807, 2.05) is 30.3 Å². The lowest BCUT2D eigenvalue weighted by molar-refractivity contribution is 0.0600. The Morgan fingerprint density at radius 1 is 0.973 bits per heavy atom. The molecular formula is C30H26Cl2N2O3. The molecule has 0 saturated heterocycles. The van der Waals surface area contributed by atoms with Gasteiger partial charge in [0.15, 0.2) is 0 Å². The fourth-order valence-electron chi connectivity index (χ4n) is 4.67. The molecule has 1 aliphatic carbocycles. The van der Waals surface area contributed by atoms with Crippen LogP contribution >= 0.6 is 23.2 Å². The maximum absolute atomic E-state index is 11.8. The molecule has 1 atom stereocenters. The van der Waals surface area contributed by atoms with Crippen molar-refractivity contribution in [3.63, 3.8) is 0 Å². The molecule has 188 valence electrons. The Hall–Kier alpha value is -3.54. The molecule has 0 fully saturated rings. The van der Waals surface area contributed by atoms with Gasteiger partial charge in [0.25, 0.3) is 0 Å². The first-order valence-corrected chi connectivity index (χ1v) is 12.8. The van der Waals surface area contributed by atoms with E-state index in [2.05, 4.69) is 35.0 Å². The van der Waals surface area contributed by atoms with E-state index in [4.69, 9.17) is 37.8 Å². The molecule has 0 N–H and O–H groups in total. The molecule has 0 bridgehead atoms. The summed E-state index contributed by atoms with van der Waals surface area (Å²) in [5.41, 5.74) is 4.47. The van der Waals surface area contributed by atoms with Gasteiger partial charge in [0.1, 0.15) is 5.75 Å². The third-order valence-corrected chi connectivity index (χ3v) is 7.04. The molecule has 0 spiro atoms. The Balaban J connectivity index is 1.48. The van der Waals surface area contributed by atoms with E-state index in [0.717, 1.165) is 41.1 Å². The van der Waals surface area contributed by atoms with Crippen LogP contribution in [0.25, 0.3) is 23.4 Å². The first-order valence-electron chi connectivity index (χ1n) is 12.0. The molecule has 0 amide bonds. The van der Waals surface area contributed by atoms with Gasteiger partial charge < -0.3 is 9.47 Å². The highest BCUT2D eigenvalue weighted by Gasteiger charge is 2.19. The van der Waals surface area contributed by atoms with Crippen molar-refractivity contribution in [2.45, 2.75) is 25.3 Å². The minimum Gasteiger partial charge on any atom is -0.497 e. The summed E-state index contributed by atoms with van der Waals surface area (Å²) >= 11 is 12.6. The van der Waals surface area contributed by atoms with Crippen LogP contribution in [0.15, 0.2) is 66.7 Å². The fourth-order valence-corrected chi connectivity index (χ4v) is 5.19. The number of methoxy groups -OCH3 is 2. The maximum atomic E-state index is 11.8. The van der Waals surface area contributed by atoms with Crippen molar-refractivity contribution in [3.8, 4) is 17.0 Å². The van der Waals surface area contributed by atoms with Gasteiger partial charge in [0.05, 0.1) is 25.5 Å². The lowest BCUT2D eigenvalue weighted by atomic mass is 9.93. The summed E-state index contributed by atoms with van der Waals surface area (Å²) in [6.07, 6.45) is 6.16. The topological polar surface area (TPSA) is 53.4 Å². The summed E-state index contributed by atoms with van der Waals surface area (Å²) < 4.78 is 12.3. The molecule has 0 aliphatic heterocycles. The number of esters is 1. The lowest BCUT2D eigenvalue weighted by Crippen LogP contribution is -2.29. The van der Waals surface area contributed by atoms with Crippen molar-refractivity contribution in [1.29, 1.82) is 0 Å². The zero-order valence-electron chi connectivity index (χ0n) is 20.6. The third-order valence-electron chi connectivity index (χ3n) is 6.60. The fraction of sp³-hybridized carbons (Fsp3) is 0.200. The van der Waals surface area contributed by atoms with E-state index in [1.54, 1.807) is 25.3 Å². The maximum Gasteiger partial charge on any atom is 0.337 e. The number of aryl methyl sites for hydroxylation is 2. The molecule has 3 aromatic carbocycles. The van der Waals surface area contributed by atoms with Crippen LogP contribution in [0.2, 0.25) is 10.0 Å². The Kier molecular flexibility index (Phi) is 7.36. The average molecular weight is 533 g/mol. The highest BCUT2D eigenvalue weighted by atomic mass is 35.5. The van der Waals surface area contributed by atoms with Crippen molar-refractivity contribution in [2.75, 3.05) is 14.2 Å². The van der Waals surface area contributed by atoms with Gasteiger partial charge in [-0.2, -0.15) is 5.10 Å². The minimum absolute atomic E-state index is 0.165. The number of carbonyl (C=O) groups is 1. The van der Waals surface area contributed by atoms with Crippen molar-refractivity contribution >= 4 is 41.3 Å². The normalized spacial score (nSPS) is 14.3. The van der Waals surface area contributed by atoms with Crippen LogP contribution in [-0.2, 0) is 17.7 Å². The van der Waals surface area contributed by atoms with Gasteiger partial charge in [-0.25, -0.2) is 4.79 Å². The van der Waals surface area contributed by atoms with Crippen LogP contribution in [0.3, 0.4) is 0 Å². The largest absolute Gasteiger partial charge is 0.497 e. The molecule has 4 aromatic rings. The SMILES string of the molecule is COC(=O)c1ccc(CCn2nc(-c3cc(Cl)cc(Cl)c3)cc2C2C=c3ccc(OC)cc3=CC2)cc1. The van der Waals surface area contributed by atoms with Crippen molar-refractivity contribution in [2.24, 2.45) is 0 Å². The van der Waals surface area contributed by atoms with Gasteiger partial charge in [-0.15, -0.1) is 0 Å². The van der Waals surface area contributed by atoms with Gasteiger partial charge in [0.2, 0.25) is 0 Å². The van der Waals surface area contributed by atoms with Crippen molar-refractivity contribution in [3.05, 3.63) is 104 Å². The molecule has 1 aromatic heterocycles. The molecule has 1 heterocycles. The predicted octanol–water partition coefficient (Wildman–Crippen LogP) is 5.64. The number of hydrogen-bond acceptors (Lipinski definition) is 4. The van der Waals surface area contributed by atoms with E-state index >= 15 is 0 Å². The van der Waals surface area contributed by atoms with E-state index in [-0.39, 0.29) is 11.9 Å². The van der Waals surface area contributed by atoms with Crippen molar-refractivity contribution < 1.29 is 14.3 Å².